The van der Waals surface area contributed by atoms with Crippen LogP contribution in [0.2, 0.25) is 0 Å². The molecule has 0 aromatic rings. The predicted molar refractivity (Wildman–Crippen MR) is 104 cm³/mol. The van der Waals surface area contributed by atoms with Crippen LogP contribution >= 0.6 is 0 Å². The third-order valence-corrected chi connectivity index (χ3v) is 3.52. The molecule has 1 atom stereocenters. The summed E-state index contributed by atoms with van der Waals surface area (Å²) in [5, 5.41) is 13.6. The molecule has 4 heteroatoms. The molecule has 23 heavy (non-hydrogen) atoms. The Balaban J connectivity index is 3.75. The first-order valence-electron chi connectivity index (χ1n) is 8.88. The molecular weight excluding hydrogens is 284 g/mol. The van der Waals surface area contributed by atoms with Crippen molar-refractivity contribution < 1.29 is 0 Å². The fraction of sp³-hybridized carbons (Fsp3) is 0.684. The van der Waals surface area contributed by atoms with Crippen LogP contribution in [-0.4, -0.2) is 52.9 Å². The van der Waals surface area contributed by atoms with Gasteiger partial charge in [-0.05, 0) is 65.5 Å². The van der Waals surface area contributed by atoms with Gasteiger partial charge in [0.15, 0.2) is 0 Å². The van der Waals surface area contributed by atoms with Crippen molar-refractivity contribution in [3.63, 3.8) is 0 Å². The summed E-state index contributed by atoms with van der Waals surface area (Å²) >= 11 is 0. The zero-order chi connectivity index (χ0) is 17.3. The first kappa shape index (κ1) is 22.1. The highest BCUT2D eigenvalue weighted by Gasteiger charge is 2.08. The number of hydrogen-bond donors (Lipinski definition) is 4. The highest BCUT2D eigenvalue weighted by molar-refractivity contribution is 5.23. The van der Waals surface area contributed by atoms with Crippen LogP contribution in [0.5, 0.6) is 0 Å². The Morgan fingerprint density at radius 3 is 2.30 bits per heavy atom. The van der Waals surface area contributed by atoms with E-state index in [0.717, 1.165) is 63.4 Å². The molecule has 4 nitrogen and oxygen atoms in total. The molecule has 0 aliphatic carbocycles. The molecule has 0 amide bonds. The van der Waals surface area contributed by atoms with Crippen molar-refractivity contribution in [2.75, 3.05) is 52.9 Å². The Morgan fingerprint density at radius 1 is 0.957 bits per heavy atom. The molecule has 1 unspecified atom stereocenters. The topological polar surface area (TPSA) is 48.1 Å². The van der Waals surface area contributed by atoms with E-state index in [2.05, 4.69) is 47.4 Å². The normalized spacial score (nSPS) is 12.7. The molecule has 0 aliphatic heterocycles. The van der Waals surface area contributed by atoms with E-state index >= 15 is 0 Å². The van der Waals surface area contributed by atoms with Crippen LogP contribution in [0.15, 0.2) is 36.5 Å². The number of allylic oxidation sites excluding steroid dienone is 4. The molecule has 0 aromatic heterocycles. The van der Waals surface area contributed by atoms with Crippen molar-refractivity contribution in [1.29, 1.82) is 0 Å². The zero-order valence-electron chi connectivity index (χ0n) is 15.5. The van der Waals surface area contributed by atoms with Crippen LogP contribution in [0.25, 0.3) is 0 Å². The Morgan fingerprint density at radius 2 is 1.65 bits per heavy atom. The van der Waals surface area contributed by atoms with Gasteiger partial charge < -0.3 is 21.3 Å². The average molecular weight is 323 g/mol. The molecule has 0 bridgehead atoms. The molecule has 0 fully saturated rings. The number of nitrogens with one attached hydrogen (secondary N) is 4. The summed E-state index contributed by atoms with van der Waals surface area (Å²) in [6.45, 7) is 19.4. The molecule has 0 aromatic carbocycles. The van der Waals surface area contributed by atoms with Gasteiger partial charge in [0, 0.05) is 13.1 Å². The molecule has 134 valence electrons. The summed E-state index contributed by atoms with van der Waals surface area (Å²) in [4.78, 5) is 0. The third-order valence-electron chi connectivity index (χ3n) is 3.52. The predicted octanol–water partition coefficient (Wildman–Crippen LogP) is 2.08. The largest absolute Gasteiger partial charge is 0.319 e. The highest BCUT2D eigenvalue weighted by atomic mass is 15.0. The fourth-order valence-corrected chi connectivity index (χ4v) is 2.33. The molecule has 0 rings (SSSR count). The lowest BCUT2D eigenvalue weighted by Gasteiger charge is -2.18. The van der Waals surface area contributed by atoms with Crippen molar-refractivity contribution in [2.24, 2.45) is 5.92 Å². The lowest BCUT2D eigenvalue weighted by molar-refractivity contribution is 0.452. The van der Waals surface area contributed by atoms with E-state index in [1.807, 2.05) is 20.0 Å². The standard InChI is InChI=1S/C19H38N4/c1-6-21-10-7-11-22-12-13-23-16-19(15-20-5)14-18(4)9-8-17(2)3/h8-9,19-23H,2,4,6-7,10-16H2,1,3,5H3/b9-8-. The van der Waals surface area contributed by atoms with Gasteiger partial charge in [-0.1, -0.05) is 43.4 Å². The zero-order valence-corrected chi connectivity index (χ0v) is 15.5. The van der Waals surface area contributed by atoms with Crippen LogP contribution < -0.4 is 21.3 Å². The molecule has 0 aliphatic rings. The Labute approximate surface area is 143 Å². The summed E-state index contributed by atoms with van der Waals surface area (Å²) in [6.07, 6.45) is 6.30. The average Bonchev–Trinajstić information content (AvgIpc) is 2.51. The van der Waals surface area contributed by atoms with Crippen LogP contribution in [0, 0.1) is 5.92 Å². The Hall–Kier alpha value is -0.940. The van der Waals surface area contributed by atoms with E-state index in [-0.39, 0.29) is 0 Å². The van der Waals surface area contributed by atoms with Crippen molar-refractivity contribution >= 4 is 0 Å². The van der Waals surface area contributed by atoms with Crippen LogP contribution in [0.3, 0.4) is 0 Å². The van der Waals surface area contributed by atoms with Crippen molar-refractivity contribution in [2.45, 2.75) is 26.7 Å². The maximum Gasteiger partial charge on any atom is 0.00768 e. The molecule has 0 saturated carbocycles. The summed E-state index contributed by atoms with van der Waals surface area (Å²) in [5.41, 5.74) is 2.23. The summed E-state index contributed by atoms with van der Waals surface area (Å²) in [7, 11) is 2.01. The third kappa shape index (κ3) is 15.7. The maximum absolute atomic E-state index is 4.14. The molecule has 4 N–H and O–H groups in total. The molecule has 0 spiro atoms. The van der Waals surface area contributed by atoms with Gasteiger partial charge in [0.2, 0.25) is 0 Å². The van der Waals surface area contributed by atoms with Gasteiger partial charge in [-0.2, -0.15) is 0 Å². The number of hydrogen-bond acceptors (Lipinski definition) is 4. The molecule has 0 heterocycles. The second-order valence-corrected chi connectivity index (χ2v) is 6.13. The first-order chi connectivity index (χ1) is 11.1. The van der Waals surface area contributed by atoms with Gasteiger partial charge in [0.1, 0.15) is 0 Å². The van der Waals surface area contributed by atoms with Crippen LogP contribution in [-0.2, 0) is 0 Å². The summed E-state index contributed by atoms with van der Waals surface area (Å²) in [5.74, 6) is 0.566. The van der Waals surface area contributed by atoms with Gasteiger partial charge in [-0.15, -0.1) is 0 Å². The highest BCUT2D eigenvalue weighted by Crippen LogP contribution is 2.11. The first-order valence-corrected chi connectivity index (χ1v) is 8.88. The monoisotopic (exact) mass is 322 g/mol. The fourth-order valence-electron chi connectivity index (χ4n) is 2.33. The lowest BCUT2D eigenvalue weighted by Crippen LogP contribution is -2.34. The van der Waals surface area contributed by atoms with Crippen molar-refractivity contribution in [1.82, 2.24) is 21.3 Å². The number of rotatable bonds is 16. The molecule has 0 saturated heterocycles. The van der Waals surface area contributed by atoms with Gasteiger partial charge in [-0.3, -0.25) is 0 Å². The summed E-state index contributed by atoms with van der Waals surface area (Å²) < 4.78 is 0. The maximum atomic E-state index is 4.14. The van der Waals surface area contributed by atoms with E-state index in [4.69, 9.17) is 0 Å². The van der Waals surface area contributed by atoms with E-state index < -0.39 is 0 Å². The van der Waals surface area contributed by atoms with E-state index in [9.17, 15) is 0 Å². The minimum atomic E-state index is 0.566. The SMILES string of the molecule is C=C(C)/C=C\C(=C)CC(CNC)CNCCNCCCNCC. The van der Waals surface area contributed by atoms with Gasteiger partial charge >= 0.3 is 0 Å². The Bertz CT molecular complexity index is 336. The summed E-state index contributed by atoms with van der Waals surface area (Å²) in [6, 6.07) is 0. The van der Waals surface area contributed by atoms with Crippen molar-refractivity contribution in [3.8, 4) is 0 Å². The van der Waals surface area contributed by atoms with E-state index in [1.54, 1.807) is 0 Å². The second kappa shape index (κ2) is 15.9. The van der Waals surface area contributed by atoms with Gasteiger partial charge in [0.25, 0.3) is 0 Å². The van der Waals surface area contributed by atoms with E-state index in [0.29, 0.717) is 5.92 Å². The molecular formula is C19H38N4. The molecule has 0 radical (unpaired) electrons. The van der Waals surface area contributed by atoms with E-state index in [1.165, 1.54) is 6.42 Å². The van der Waals surface area contributed by atoms with Crippen LogP contribution in [0.1, 0.15) is 26.7 Å². The Kier molecular flexibility index (Phi) is 15.3. The van der Waals surface area contributed by atoms with Gasteiger partial charge in [-0.25, -0.2) is 0 Å². The van der Waals surface area contributed by atoms with Gasteiger partial charge in [0.05, 0.1) is 0 Å². The quantitative estimate of drug-likeness (QED) is 0.260. The lowest BCUT2D eigenvalue weighted by atomic mass is 9.99. The minimum absolute atomic E-state index is 0.566. The van der Waals surface area contributed by atoms with Crippen LogP contribution in [0.4, 0.5) is 0 Å². The smallest absolute Gasteiger partial charge is 0.00768 e. The second-order valence-electron chi connectivity index (χ2n) is 6.13. The minimum Gasteiger partial charge on any atom is -0.319 e. The van der Waals surface area contributed by atoms with Crippen molar-refractivity contribution in [3.05, 3.63) is 36.5 Å².